The Balaban J connectivity index is 2.35. The number of nitrogens with zero attached hydrogens (tertiary/aromatic N) is 1. The second-order valence-electron chi connectivity index (χ2n) is 4.98. The Morgan fingerprint density at radius 1 is 1.28 bits per heavy atom. The zero-order chi connectivity index (χ0) is 13.0. The summed E-state index contributed by atoms with van der Waals surface area (Å²) >= 11 is 12.3. The smallest absolute Gasteiger partial charge is 0.0509 e. The van der Waals surface area contributed by atoms with Crippen molar-refractivity contribution in [1.29, 1.82) is 0 Å². The van der Waals surface area contributed by atoms with Crippen LogP contribution in [0.15, 0.2) is 18.2 Å². The van der Waals surface area contributed by atoms with Crippen LogP contribution in [0.5, 0.6) is 0 Å². The van der Waals surface area contributed by atoms with Crippen LogP contribution in [-0.4, -0.2) is 12.6 Å². The third-order valence-corrected chi connectivity index (χ3v) is 4.51. The van der Waals surface area contributed by atoms with Crippen LogP contribution >= 0.6 is 23.2 Å². The Labute approximate surface area is 120 Å². The number of hydrogen-bond donors (Lipinski definition) is 0. The number of anilines is 1. The minimum absolute atomic E-state index is 0.488. The van der Waals surface area contributed by atoms with Gasteiger partial charge in [-0.15, -0.1) is 11.6 Å². The van der Waals surface area contributed by atoms with Crippen molar-refractivity contribution in [3.63, 3.8) is 0 Å². The predicted molar refractivity (Wildman–Crippen MR) is 80.9 cm³/mol. The Kier molecular flexibility index (Phi) is 5.20. The molecule has 1 nitrogen and oxygen atoms in total. The number of alkyl halides is 1. The molecule has 100 valence electrons. The van der Waals surface area contributed by atoms with Gasteiger partial charge in [-0.1, -0.05) is 37.4 Å². The van der Waals surface area contributed by atoms with Gasteiger partial charge in [0.05, 0.1) is 5.88 Å². The van der Waals surface area contributed by atoms with E-state index in [1.807, 2.05) is 12.1 Å². The summed E-state index contributed by atoms with van der Waals surface area (Å²) in [6.07, 6.45) is 6.42. The predicted octanol–water partition coefficient (Wildman–Crippen LogP) is 5.24. The van der Waals surface area contributed by atoms with E-state index in [0.29, 0.717) is 11.9 Å². The van der Waals surface area contributed by atoms with Gasteiger partial charge in [0.1, 0.15) is 0 Å². The molecule has 1 unspecified atom stereocenters. The van der Waals surface area contributed by atoms with Gasteiger partial charge in [0.25, 0.3) is 0 Å². The number of benzene rings is 1. The van der Waals surface area contributed by atoms with Gasteiger partial charge in [0.2, 0.25) is 0 Å². The summed E-state index contributed by atoms with van der Waals surface area (Å²) in [7, 11) is 0. The van der Waals surface area contributed by atoms with Crippen LogP contribution in [-0.2, 0) is 5.88 Å². The molecule has 2 rings (SSSR count). The standard InChI is InChI=1S/C15H21Cl2N/c1-2-12-7-4-3-5-10-18(12)15-9-6-8-14(17)13(15)11-16/h6,8-9,12H,2-5,7,10-11H2,1H3. The third kappa shape index (κ3) is 2.95. The first-order valence-corrected chi connectivity index (χ1v) is 7.79. The summed E-state index contributed by atoms with van der Waals surface area (Å²) in [4.78, 5) is 2.52. The zero-order valence-electron chi connectivity index (χ0n) is 11.0. The van der Waals surface area contributed by atoms with Gasteiger partial charge in [-0.3, -0.25) is 0 Å². The lowest BCUT2D eigenvalue weighted by molar-refractivity contribution is 0.555. The van der Waals surface area contributed by atoms with E-state index in [9.17, 15) is 0 Å². The molecular weight excluding hydrogens is 265 g/mol. The lowest BCUT2D eigenvalue weighted by Gasteiger charge is -2.33. The van der Waals surface area contributed by atoms with Gasteiger partial charge in [-0.2, -0.15) is 0 Å². The first-order chi connectivity index (χ1) is 8.77. The lowest BCUT2D eigenvalue weighted by Crippen LogP contribution is -2.35. The molecule has 0 aliphatic carbocycles. The average molecular weight is 286 g/mol. The number of rotatable bonds is 3. The molecule has 0 spiro atoms. The van der Waals surface area contributed by atoms with E-state index in [1.165, 1.54) is 37.8 Å². The van der Waals surface area contributed by atoms with E-state index < -0.39 is 0 Å². The molecule has 1 fully saturated rings. The highest BCUT2D eigenvalue weighted by molar-refractivity contribution is 6.32. The van der Waals surface area contributed by atoms with Crippen LogP contribution < -0.4 is 4.90 Å². The van der Waals surface area contributed by atoms with Gasteiger partial charge >= 0.3 is 0 Å². The topological polar surface area (TPSA) is 3.24 Å². The fraction of sp³-hybridized carbons (Fsp3) is 0.600. The molecular formula is C15H21Cl2N. The molecule has 1 aliphatic rings. The van der Waals surface area contributed by atoms with E-state index in [2.05, 4.69) is 17.9 Å². The molecule has 0 amide bonds. The Morgan fingerprint density at radius 2 is 2.11 bits per heavy atom. The van der Waals surface area contributed by atoms with Gasteiger partial charge in [-0.25, -0.2) is 0 Å². The van der Waals surface area contributed by atoms with Crippen molar-refractivity contribution in [2.24, 2.45) is 0 Å². The second-order valence-corrected chi connectivity index (χ2v) is 5.65. The maximum Gasteiger partial charge on any atom is 0.0509 e. The SMILES string of the molecule is CCC1CCCCCN1c1cccc(Cl)c1CCl. The van der Waals surface area contributed by atoms with Gasteiger partial charge in [0.15, 0.2) is 0 Å². The van der Waals surface area contributed by atoms with Crippen LogP contribution in [0.3, 0.4) is 0 Å². The normalized spacial score (nSPS) is 20.8. The summed E-state index contributed by atoms with van der Waals surface area (Å²) < 4.78 is 0. The molecule has 0 aromatic heterocycles. The van der Waals surface area contributed by atoms with E-state index in [-0.39, 0.29) is 0 Å². The van der Waals surface area contributed by atoms with E-state index >= 15 is 0 Å². The monoisotopic (exact) mass is 285 g/mol. The molecule has 1 atom stereocenters. The molecule has 0 radical (unpaired) electrons. The zero-order valence-corrected chi connectivity index (χ0v) is 12.5. The van der Waals surface area contributed by atoms with Crippen molar-refractivity contribution in [3.05, 3.63) is 28.8 Å². The lowest BCUT2D eigenvalue weighted by atomic mass is 10.1. The summed E-state index contributed by atoms with van der Waals surface area (Å²) in [5.74, 6) is 0.488. The molecule has 18 heavy (non-hydrogen) atoms. The van der Waals surface area contributed by atoms with Crippen molar-refractivity contribution >= 4 is 28.9 Å². The van der Waals surface area contributed by atoms with Crippen LogP contribution in [0.25, 0.3) is 0 Å². The minimum atomic E-state index is 0.488. The van der Waals surface area contributed by atoms with Gasteiger partial charge in [0, 0.05) is 28.9 Å². The molecule has 0 bridgehead atoms. The molecule has 1 heterocycles. The first-order valence-electron chi connectivity index (χ1n) is 6.88. The minimum Gasteiger partial charge on any atom is -0.368 e. The van der Waals surface area contributed by atoms with Crippen molar-refractivity contribution < 1.29 is 0 Å². The first kappa shape index (κ1) is 14.0. The van der Waals surface area contributed by atoms with Gasteiger partial charge < -0.3 is 4.90 Å². The third-order valence-electron chi connectivity index (χ3n) is 3.89. The number of hydrogen-bond acceptors (Lipinski definition) is 1. The molecule has 0 saturated carbocycles. The highest BCUT2D eigenvalue weighted by Crippen LogP contribution is 2.33. The van der Waals surface area contributed by atoms with Crippen LogP contribution in [0.4, 0.5) is 5.69 Å². The molecule has 1 aromatic rings. The van der Waals surface area contributed by atoms with E-state index in [4.69, 9.17) is 23.2 Å². The van der Waals surface area contributed by atoms with Crippen LogP contribution in [0, 0.1) is 0 Å². The second kappa shape index (κ2) is 6.68. The Bertz CT molecular complexity index is 392. The maximum atomic E-state index is 6.27. The van der Waals surface area contributed by atoms with Crippen molar-refractivity contribution in [2.75, 3.05) is 11.4 Å². The van der Waals surface area contributed by atoms with Crippen LogP contribution in [0.2, 0.25) is 5.02 Å². The average Bonchev–Trinajstić information content (AvgIpc) is 2.63. The van der Waals surface area contributed by atoms with Crippen molar-refractivity contribution in [3.8, 4) is 0 Å². The Hall–Kier alpha value is -0.400. The molecule has 0 N–H and O–H groups in total. The Morgan fingerprint density at radius 3 is 2.83 bits per heavy atom. The fourth-order valence-corrected chi connectivity index (χ4v) is 3.45. The maximum absolute atomic E-state index is 6.27. The summed E-state index contributed by atoms with van der Waals surface area (Å²) in [5.41, 5.74) is 2.33. The highest BCUT2D eigenvalue weighted by atomic mass is 35.5. The largest absolute Gasteiger partial charge is 0.368 e. The van der Waals surface area contributed by atoms with E-state index in [1.54, 1.807) is 0 Å². The summed E-state index contributed by atoms with van der Waals surface area (Å²) in [6.45, 7) is 3.40. The molecule has 1 aromatic carbocycles. The fourth-order valence-electron chi connectivity index (χ4n) is 2.87. The van der Waals surface area contributed by atoms with E-state index in [0.717, 1.165) is 17.1 Å². The molecule has 3 heteroatoms. The summed E-state index contributed by atoms with van der Waals surface area (Å²) in [5, 5.41) is 0.793. The van der Waals surface area contributed by atoms with Gasteiger partial charge in [-0.05, 0) is 31.4 Å². The summed E-state index contributed by atoms with van der Waals surface area (Å²) in [6, 6.07) is 6.76. The van der Waals surface area contributed by atoms with Crippen molar-refractivity contribution in [1.82, 2.24) is 0 Å². The van der Waals surface area contributed by atoms with Crippen molar-refractivity contribution in [2.45, 2.75) is 50.9 Å². The molecule has 1 saturated heterocycles. The molecule has 1 aliphatic heterocycles. The quantitative estimate of drug-likeness (QED) is 0.687. The number of halogens is 2. The highest BCUT2D eigenvalue weighted by Gasteiger charge is 2.22. The van der Waals surface area contributed by atoms with Crippen LogP contribution in [0.1, 0.15) is 44.6 Å².